The highest BCUT2D eigenvalue weighted by atomic mass is 35.5. The minimum Gasteiger partial charge on any atom is -0.367 e. The van der Waals surface area contributed by atoms with E-state index in [0.717, 1.165) is 10.7 Å². The molecule has 0 bridgehead atoms. The van der Waals surface area contributed by atoms with Crippen molar-refractivity contribution in [1.82, 2.24) is 9.97 Å². The zero-order chi connectivity index (χ0) is 13.0. The summed E-state index contributed by atoms with van der Waals surface area (Å²) in [6, 6.07) is 0.580. The van der Waals surface area contributed by atoms with Crippen molar-refractivity contribution in [3.8, 4) is 0 Å². The lowest BCUT2D eigenvalue weighted by molar-refractivity contribution is 0.853. The van der Waals surface area contributed by atoms with Crippen molar-refractivity contribution in [3.05, 3.63) is 5.15 Å². The topological polar surface area (TPSA) is 49.8 Å². The summed E-state index contributed by atoms with van der Waals surface area (Å²) in [6.45, 7) is 8.20. The summed E-state index contributed by atoms with van der Waals surface area (Å²) in [5.74, 6) is 1.35. The van der Waals surface area contributed by atoms with Gasteiger partial charge in [-0.05, 0) is 34.0 Å². The molecule has 1 aromatic heterocycles. The predicted molar refractivity (Wildman–Crippen MR) is 76.3 cm³/mol. The van der Waals surface area contributed by atoms with Gasteiger partial charge < -0.3 is 10.6 Å². The van der Waals surface area contributed by atoms with Gasteiger partial charge >= 0.3 is 0 Å². The first-order chi connectivity index (χ1) is 7.93. The molecule has 6 heteroatoms. The normalized spacial score (nSPS) is 11.1. The molecule has 0 saturated carbocycles. The summed E-state index contributed by atoms with van der Waals surface area (Å²) in [5.41, 5.74) is 0. The second kappa shape index (κ2) is 6.31. The summed E-state index contributed by atoms with van der Waals surface area (Å²) in [4.78, 5) is 9.56. The van der Waals surface area contributed by atoms with Crippen LogP contribution in [0.3, 0.4) is 0 Å². The smallest absolute Gasteiger partial charge is 0.226 e. The van der Waals surface area contributed by atoms with E-state index in [0.29, 0.717) is 17.1 Å². The Balaban J connectivity index is 3.09. The molecule has 0 unspecified atom stereocenters. The standard InChI is InChI=1S/C11H19ClN4S/c1-6(2)13-10-8(17-5)9(12)15-11(16-10)14-7(3)4/h6-7H,1-5H3,(H2,13,14,15,16). The fourth-order valence-electron chi connectivity index (χ4n) is 1.30. The average Bonchev–Trinajstić information content (AvgIpc) is 2.14. The molecule has 1 aromatic rings. The zero-order valence-corrected chi connectivity index (χ0v) is 12.4. The number of nitrogens with one attached hydrogen (secondary N) is 2. The third-order valence-corrected chi connectivity index (χ3v) is 3.05. The predicted octanol–water partition coefficient (Wildman–Crippen LogP) is 3.49. The van der Waals surface area contributed by atoms with Crippen molar-refractivity contribution in [2.75, 3.05) is 16.9 Å². The van der Waals surface area contributed by atoms with Gasteiger partial charge in [0.1, 0.15) is 11.0 Å². The number of hydrogen-bond donors (Lipinski definition) is 2. The van der Waals surface area contributed by atoms with Gasteiger partial charge in [-0.15, -0.1) is 11.8 Å². The lowest BCUT2D eigenvalue weighted by atomic mass is 10.4. The van der Waals surface area contributed by atoms with Gasteiger partial charge in [-0.1, -0.05) is 11.6 Å². The molecule has 1 heterocycles. The highest BCUT2D eigenvalue weighted by Gasteiger charge is 2.13. The molecule has 0 aliphatic carbocycles. The first kappa shape index (κ1) is 14.4. The molecule has 2 N–H and O–H groups in total. The summed E-state index contributed by atoms with van der Waals surface area (Å²) < 4.78 is 0. The van der Waals surface area contributed by atoms with E-state index in [-0.39, 0.29) is 6.04 Å². The second-order valence-corrected chi connectivity index (χ2v) is 5.49. The Morgan fingerprint density at radius 1 is 1.06 bits per heavy atom. The Hall–Kier alpha value is -0.680. The monoisotopic (exact) mass is 274 g/mol. The minimum absolute atomic E-state index is 0.276. The maximum absolute atomic E-state index is 6.15. The number of anilines is 2. The first-order valence-corrected chi connectivity index (χ1v) is 7.19. The quantitative estimate of drug-likeness (QED) is 0.636. The Kier molecular flexibility index (Phi) is 5.33. The van der Waals surface area contributed by atoms with Crippen LogP contribution in [0.15, 0.2) is 4.90 Å². The van der Waals surface area contributed by atoms with Gasteiger partial charge in [-0.25, -0.2) is 0 Å². The molecule has 0 aliphatic heterocycles. The molecule has 1 rings (SSSR count). The van der Waals surface area contributed by atoms with Gasteiger partial charge in [0.15, 0.2) is 0 Å². The van der Waals surface area contributed by atoms with Crippen LogP contribution in [0.2, 0.25) is 5.15 Å². The van der Waals surface area contributed by atoms with Crippen LogP contribution in [-0.4, -0.2) is 28.3 Å². The van der Waals surface area contributed by atoms with Crippen LogP contribution in [0.4, 0.5) is 11.8 Å². The highest BCUT2D eigenvalue weighted by molar-refractivity contribution is 7.98. The largest absolute Gasteiger partial charge is 0.367 e. The number of thioether (sulfide) groups is 1. The van der Waals surface area contributed by atoms with Crippen LogP contribution in [0, 0.1) is 0 Å². The number of aromatic nitrogens is 2. The summed E-state index contributed by atoms with van der Waals surface area (Å²) in [7, 11) is 0. The molecule has 4 nitrogen and oxygen atoms in total. The molecular weight excluding hydrogens is 256 g/mol. The summed E-state index contributed by atoms with van der Waals surface area (Å²) in [5, 5.41) is 6.92. The number of rotatable bonds is 5. The van der Waals surface area contributed by atoms with Gasteiger partial charge in [0, 0.05) is 12.1 Å². The van der Waals surface area contributed by atoms with Crippen LogP contribution in [0.25, 0.3) is 0 Å². The molecule has 17 heavy (non-hydrogen) atoms. The third-order valence-electron chi connectivity index (χ3n) is 1.87. The fourth-order valence-corrected chi connectivity index (χ4v) is 2.21. The summed E-state index contributed by atoms with van der Waals surface area (Å²) in [6.07, 6.45) is 1.96. The third kappa shape index (κ3) is 4.24. The maximum Gasteiger partial charge on any atom is 0.226 e. The molecule has 0 aromatic carbocycles. The Labute approximate surface area is 112 Å². The van der Waals surface area contributed by atoms with Gasteiger partial charge in [0.05, 0.1) is 4.90 Å². The van der Waals surface area contributed by atoms with Crippen LogP contribution in [0.1, 0.15) is 27.7 Å². The first-order valence-electron chi connectivity index (χ1n) is 5.58. The van der Waals surface area contributed by atoms with E-state index < -0.39 is 0 Å². The molecule has 0 atom stereocenters. The molecule has 0 radical (unpaired) electrons. The zero-order valence-electron chi connectivity index (χ0n) is 10.8. The van der Waals surface area contributed by atoms with E-state index in [1.54, 1.807) is 11.8 Å². The minimum atomic E-state index is 0.276. The molecule has 0 aliphatic rings. The summed E-state index contributed by atoms with van der Waals surface area (Å²) >= 11 is 7.69. The van der Waals surface area contributed by atoms with Crippen molar-refractivity contribution in [2.24, 2.45) is 0 Å². The van der Waals surface area contributed by atoms with E-state index in [1.807, 2.05) is 20.1 Å². The van der Waals surface area contributed by atoms with Crippen molar-refractivity contribution >= 4 is 35.1 Å². The van der Waals surface area contributed by atoms with Crippen LogP contribution in [0.5, 0.6) is 0 Å². The molecule has 0 fully saturated rings. The lowest BCUT2D eigenvalue weighted by Gasteiger charge is -2.16. The Bertz CT molecular complexity index is 382. The SMILES string of the molecule is CSc1c(Cl)nc(NC(C)C)nc1NC(C)C. The van der Waals surface area contributed by atoms with Gasteiger partial charge in [0.2, 0.25) is 5.95 Å². The van der Waals surface area contributed by atoms with Crippen molar-refractivity contribution in [3.63, 3.8) is 0 Å². The number of hydrogen-bond acceptors (Lipinski definition) is 5. The number of nitrogens with zero attached hydrogens (tertiary/aromatic N) is 2. The average molecular weight is 275 g/mol. The van der Waals surface area contributed by atoms with Gasteiger partial charge in [0.25, 0.3) is 0 Å². The van der Waals surface area contributed by atoms with Gasteiger partial charge in [-0.2, -0.15) is 9.97 Å². The molecular formula is C11H19ClN4S. The van der Waals surface area contributed by atoms with Crippen molar-refractivity contribution < 1.29 is 0 Å². The molecule has 96 valence electrons. The molecule has 0 spiro atoms. The molecule has 0 saturated heterocycles. The van der Waals surface area contributed by atoms with Crippen molar-refractivity contribution in [1.29, 1.82) is 0 Å². The van der Waals surface area contributed by atoms with Crippen molar-refractivity contribution in [2.45, 2.75) is 44.7 Å². The van der Waals surface area contributed by atoms with Crippen LogP contribution in [-0.2, 0) is 0 Å². The van der Waals surface area contributed by atoms with Crippen LogP contribution < -0.4 is 10.6 Å². The lowest BCUT2D eigenvalue weighted by Crippen LogP contribution is -2.16. The van der Waals surface area contributed by atoms with Crippen LogP contribution >= 0.6 is 23.4 Å². The maximum atomic E-state index is 6.15. The highest BCUT2D eigenvalue weighted by Crippen LogP contribution is 2.31. The fraction of sp³-hybridized carbons (Fsp3) is 0.636. The second-order valence-electron chi connectivity index (χ2n) is 4.32. The van der Waals surface area contributed by atoms with E-state index in [4.69, 9.17) is 11.6 Å². The van der Waals surface area contributed by atoms with E-state index in [1.165, 1.54) is 0 Å². The van der Waals surface area contributed by atoms with E-state index in [2.05, 4.69) is 34.4 Å². The Morgan fingerprint density at radius 2 is 1.65 bits per heavy atom. The van der Waals surface area contributed by atoms with Gasteiger partial charge in [-0.3, -0.25) is 0 Å². The number of halogens is 1. The van der Waals surface area contributed by atoms with E-state index in [9.17, 15) is 0 Å². The molecule has 0 amide bonds. The van der Waals surface area contributed by atoms with E-state index >= 15 is 0 Å². The Morgan fingerprint density at radius 3 is 2.12 bits per heavy atom.